The molecule has 0 aliphatic carbocycles. The Balaban J connectivity index is 2.96. The predicted molar refractivity (Wildman–Crippen MR) is 54.7 cm³/mol. The van der Waals surface area contributed by atoms with Crippen LogP contribution in [0, 0.1) is 0 Å². The van der Waals surface area contributed by atoms with E-state index in [0.29, 0.717) is 0 Å². The first-order valence-electron chi connectivity index (χ1n) is 4.44. The lowest BCUT2D eigenvalue weighted by molar-refractivity contribution is -0.117. The van der Waals surface area contributed by atoms with Gasteiger partial charge in [0.2, 0.25) is 0 Å². The molecule has 0 bridgehead atoms. The molecule has 0 heterocycles. The average Bonchev–Trinajstić information content (AvgIpc) is 2.15. The smallest absolute Gasteiger partial charge is 0.141 e. The van der Waals surface area contributed by atoms with Gasteiger partial charge in [-0.15, -0.1) is 0 Å². The molecule has 0 amide bonds. The largest absolute Gasteiger partial charge is 0.299 e. The summed E-state index contributed by atoms with van der Waals surface area (Å²) in [5.74, 6) is 0.107. The van der Waals surface area contributed by atoms with Crippen molar-refractivity contribution in [3.05, 3.63) is 48.0 Å². The van der Waals surface area contributed by atoms with Gasteiger partial charge in [-0.2, -0.15) is 0 Å². The lowest BCUT2D eigenvalue weighted by Gasteiger charge is -2.08. The van der Waals surface area contributed by atoms with Gasteiger partial charge in [0, 0.05) is 0 Å². The highest BCUT2D eigenvalue weighted by Gasteiger charge is 2.11. The fourth-order valence-corrected chi connectivity index (χ4v) is 1.33. The molecule has 1 nitrogen and oxygen atoms in total. The quantitative estimate of drug-likeness (QED) is 0.644. The van der Waals surface area contributed by atoms with Crippen LogP contribution < -0.4 is 0 Å². The first-order chi connectivity index (χ1) is 6.25. The SMILES string of the molecule is C/C=C/[C@H](C(C)=O)c1ccccc1. The summed E-state index contributed by atoms with van der Waals surface area (Å²) < 4.78 is 0. The van der Waals surface area contributed by atoms with E-state index in [1.165, 1.54) is 0 Å². The molecule has 0 aliphatic rings. The van der Waals surface area contributed by atoms with Crippen molar-refractivity contribution in [2.45, 2.75) is 19.8 Å². The first-order valence-corrected chi connectivity index (χ1v) is 4.44. The molecule has 0 unspecified atom stereocenters. The Hall–Kier alpha value is -1.37. The van der Waals surface area contributed by atoms with Gasteiger partial charge in [-0.05, 0) is 19.4 Å². The molecule has 1 aromatic carbocycles. The standard InChI is InChI=1S/C12H14O/c1-3-7-12(10(2)13)11-8-5-4-6-9-11/h3-9,12H,1-2H3/b7-3+/t12-/m1/s1. The Kier molecular flexibility index (Phi) is 3.44. The number of carbonyl (C=O) groups excluding carboxylic acids is 1. The monoisotopic (exact) mass is 174 g/mol. The molecule has 0 aliphatic heterocycles. The van der Waals surface area contributed by atoms with Gasteiger partial charge >= 0.3 is 0 Å². The third-order valence-corrected chi connectivity index (χ3v) is 1.98. The lowest BCUT2D eigenvalue weighted by atomic mass is 9.95. The van der Waals surface area contributed by atoms with Crippen molar-refractivity contribution in [2.75, 3.05) is 0 Å². The van der Waals surface area contributed by atoms with Crippen LogP contribution in [0.5, 0.6) is 0 Å². The van der Waals surface area contributed by atoms with Gasteiger partial charge in [-0.3, -0.25) is 4.79 Å². The van der Waals surface area contributed by atoms with E-state index < -0.39 is 0 Å². The number of Topliss-reactive ketones (excluding diaryl/α,β-unsaturated/α-hetero) is 1. The third-order valence-electron chi connectivity index (χ3n) is 1.98. The van der Waals surface area contributed by atoms with E-state index >= 15 is 0 Å². The van der Waals surface area contributed by atoms with E-state index in [1.807, 2.05) is 49.4 Å². The van der Waals surface area contributed by atoms with Gasteiger partial charge in [-0.25, -0.2) is 0 Å². The fraction of sp³-hybridized carbons (Fsp3) is 0.250. The molecular weight excluding hydrogens is 160 g/mol. The summed E-state index contributed by atoms with van der Waals surface area (Å²) in [6.45, 7) is 3.55. The molecule has 0 aromatic heterocycles. The number of carbonyl (C=O) groups is 1. The second-order valence-corrected chi connectivity index (χ2v) is 3.02. The Bertz CT molecular complexity index is 298. The van der Waals surface area contributed by atoms with E-state index in [2.05, 4.69) is 0 Å². The van der Waals surface area contributed by atoms with Crippen molar-refractivity contribution in [3.63, 3.8) is 0 Å². The van der Waals surface area contributed by atoms with Crippen molar-refractivity contribution in [1.82, 2.24) is 0 Å². The van der Waals surface area contributed by atoms with Crippen LogP contribution in [0.15, 0.2) is 42.5 Å². The molecule has 68 valence electrons. The van der Waals surface area contributed by atoms with Gasteiger partial charge in [0.1, 0.15) is 5.78 Å². The number of ketones is 1. The summed E-state index contributed by atoms with van der Waals surface area (Å²) >= 11 is 0. The number of hydrogen-bond acceptors (Lipinski definition) is 1. The molecule has 0 N–H and O–H groups in total. The molecular formula is C12H14O. The molecule has 1 atom stereocenters. The molecule has 0 saturated carbocycles. The van der Waals surface area contributed by atoms with Crippen molar-refractivity contribution < 1.29 is 4.79 Å². The van der Waals surface area contributed by atoms with Crippen LogP contribution in [0.25, 0.3) is 0 Å². The average molecular weight is 174 g/mol. The topological polar surface area (TPSA) is 17.1 Å². The third kappa shape index (κ3) is 2.55. The second-order valence-electron chi connectivity index (χ2n) is 3.02. The van der Waals surface area contributed by atoms with Crippen LogP contribution in [-0.4, -0.2) is 5.78 Å². The van der Waals surface area contributed by atoms with Gasteiger partial charge in [-0.1, -0.05) is 42.5 Å². The zero-order valence-corrected chi connectivity index (χ0v) is 8.03. The Morgan fingerprint density at radius 2 is 1.92 bits per heavy atom. The Morgan fingerprint density at radius 1 is 1.31 bits per heavy atom. The highest BCUT2D eigenvalue weighted by Crippen LogP contribution is 2.17. The number of allylic oxidation sites excluding steroid dienone is 2. The van der Waals surface area contributed by atoms with E-state index in [-0.39, 0.29) is 11.7 Å². The molecule has 0 fully saturated rings. The Morgan fingerprint density at radius 3 is 2.38 bits per heavy atom. The van der Waals surface area contributed by atoms with Crippen LogP contribution in [0.1, 0.15) is 25.3 Å². The second kappa shape index (κ2) is 4.61. The maximum absolute atomic E-state index is 11.3. The predicted octanol–water partition coefficient (Wildman–Crippen LogP) is 2.94. The van der Waals surface area contributed by atoms with E-state index in [4.69, 9.17) is 0 Å². The highest BCUT2D eigenvalue weighted by atomic mass is 16.1. The molecule has 1 aromatic rings. The summed E-state index contributed by atoms with van der Waals surface area (Å²) in [5.41, 5.74) is 1.06. The molecule has 13 heavy (non-hydrogen) atoms. The van der Waals surface area contributed by atoms with E-state index in [9.17, 15) is 4.79 Å². The Labute approximate surface area is 79.1 Å². The maximum atomic E-state index is 11.3. The van der Waals surface area contributed by atoms with Gasteiger partial charge < -0.3 is 0 Å². The van der Waals surface area contributed by atoms with Crippen LogP contribution >= 0.6 is 0 Å². The minimum atomic E-state index is -0.0776. The van der Waals surface area contributed by atoms with Gasteiger partial charge in [0.15, 0.2) is 0 Å². The van der Waals surface area contributed by atoms with Crippen molar-refractivity contribution >= 4 is 5.78 Å². The molecule has 0 radical (unpaired) electrons. The minimum Gasteiger partial charge on any atom is -0.299 e. The summed E-state index contributed by atoms with van der Waals surface area (Å²) in [4.78, 5) is 11.3. The van der Waals surface area contributed by atoms with Gasteiger partial charge in [0.25, 0.3) is 0 Å². The van der Waals surface area contributed by atoms with E-state index in [0.717, 1.165) is 5.56 Å². The maximum Gasteiger partial charge on any atom is 0.141 e. The van der Waals surface area contributed by atoms with Crippen LogP contribution in [0.3, 0.4) is 0 Å². The highest BCUT2D eigenvalue weighted by molar-refractivity contribution is 5.85. The van der Waals surface area contributed by atoms with Crippen molar-refractivity contribution in [2.24, 2.45) is 0 Å². The van der Waals surface area contributed by atoms with Crippen molar-refractivity contribution in [3.8, 4) is 0 Å². The lowest BCUT2D eigenvalue weighted by Crippen LogP contribution is -2.05. The molecule has 1 rings (SSSR count). The zero-order valence-electron chi connectivity index (χ0n) is 8.03. The fourth-order valence-electron chi connectivity index (χ4n) is 1.33. The summed E-state index contributed by atoms with van der Waals surface area (Å²) in [7, 11) is 0. The minimum absolute atomic E-state index is 0.0776. The molecule has 0 saturated heterocycles. The van der Waals surface area contributed by atoms with Gasteiger partial charge in [0.05, 0.1) is 5.92 Å². The molecule has 1 heteroatoms. The van der Waals surface area contributed by atoms with E-state index in [1.54, 1.807) is 6.92 Å². The van der Waals surface area contributed by atoms with Crippen LogP contribution in [-0.2, 0) is 4.79 Å². The van der Waals surface area contributed by atoms with Crippen LogP contribution in [0.4, 0.5) is 0 Å². The first kappa shape index (κ1) is 9.72. The summed E-state index contributed by atoms with van der Waals surface area (Å²) in [6.07, 6.45) is 3.84. The molecule has 0 spiro atoms. The normalized spacial score (nSPS) is 13.1. The summed E-state index contributed by atoms with van der Waals surface area (Å²) in [5, 5.41) is 0. The summed E-state index contributed by atoms with van der Waals surface area (Å²) in [6, 6.07) is 9.82. The number of benzene rings is 1. The number of hydrogen-bond donors (Lipinski definition) is 0. The zero-order chi connectivity index (χ0) is 9.68. The van der Waals surface area contributed by atoms with Crippen LogP contribution in [0.2, 0.25) is 0 Å². The van der Waals surface area contributed by atoms with Crippen molar-refractivity contribution in [1.29, 1.82) is 0 Å². The number of rotatable bonds is 3.